The van der Waals surface area contributed by atoms with Crippen LogP contribution >= 0.6 is 11.8 Å². The molecule has 1 aliphatic heterocycles. The molecule has 1 amide bonds. The molecule has 1 aliphatic carbocycles. The maximum absolute atomic E-state index is 13.7. The Kier molecular flexibility index (Phi) is 4.66. The quantitative estimate of drug-likeness (QED) is 0.598. The topological polar surface area (TPSA) is 38.1 Å². The van der Waals surface area contributed by atoms with Crippen molar-refractivity contribution in [3.63, 3.8) is 0 Å². The van der Waals surface area contributed by atoms with E-state index in [1.54, 1.807) is 12.1 Å². The fourth-order valence-electron chi connectivity index (χ4n) is 4.23. The molecule has 0 bridgehead atoms. The van der Waals surface area contributed by atoms with E-state index in [0.717, 1.165) is 53.2 Å². The Morgan fingerprint density at radius 1 is 1.14 bits per heavy atom. The summed E-state index contributed by atoms with van der Waals surface area (Å²) >= 11 is 1.82. The van der Waals surface area contributed by atoms with Crippen molar-refractivity contribution in [3.8, 4) is 5.69 Å². The summed E-state index contributed by atoms with van der Waals surface area (Å²) in [5.74, 6) is -0.312. The van der Waals surface area contributed by atoms with E-state index in [1.165, 1.54) is 12.1 Å². The zero-order chi connectivity index (χ0) is 20.0. The molecule has 148 valence electrons. The highest BCUT2D eigenvalue weighted by Crippen LogP contribution is 2.38. The van der Waals surface area contributed by atoms with Crippen LogP contribution in [-0.2, 0) is 12.8 Å². The third-order valence-corrected chi connectivity index (χ3v) is 6.93. The first-order chi connectivity index (χ1) is 14.1. The van der Waals surface area contributed by atoms with Gasteiger partial charge in [0.1, 0.15) is 5.82 Å². The van der Waals surface area contributed by atoms with Gasteiger partial charge >= 0.3 is 0 Å². The molecule has 4 nitrogen and oxygen atoms in total. The number of anilines is 1. The second-order valence-electron chi connectivity index (χ2n) is 7.66. The van der Waals surface area contributed by atoms with E-state index in [9.17, 15) is 9.18 Å². The second-order valence-corrected chi connectivity index (χ2v) is 9.14. The zero-order valence-corrected chi connectivity index (χ0v) is 17.1. The van der Waals surface area contributed by atoms with Crippen molar-refractivity contribution in [1.82, 2.24) is 9.78 Å². The minimum Gasteiger partial charge on any atom is -0.306 e. The van der Waals surface area contributed by atoms with E-state index in [4.69, 9.17) is 5.10 Å². The molecule has 0 saturated heterocycles. The smallest absolute Gasteiger partial charge is 0.279 e. The molecule has 3 aromatic rings. The molecular formula is C23H22FN3OS. The number of fused-ring (bicyclic) bond motifs is 2. The number of halogens is 1. The van der Waals surface area contributed by atoms with Gasteiger partial charge in [0.25, 0.3) is 5.91 Å². The van der Waals surface area contributed by atoms with Crippen molar-refractivity contribution >= 4 is 23.4 Å². The molecule has 2 aromatic carbocycles. The van der Waals surface area contributed by atoms with E-state index < -0.39 is 0 Å². The van der Waals surface area contributed by atoms with E-state index in [1.807, 2.05) is 39.5 Å². The van der Waals surface area contributed by atoms with Crippen LogP contribution in [-0.4, -0.2) is 27.5 Å². The van der Waals surface area contributed by atoms with E-state index in [0.29, 0.717) is 17.5 Å². The molecule has 1 aromatic heterocycles. The van der Waals surface area contributed by atoms with Gasteiger partial charge in [-0.25, -0.2) is 9.07 Å². The minimum absolute atomic E-state index is 0.0360. The highest BCUT2D eigenvalue weighted by atomic mass is 32.2. The highest BCUT2D eigenvalue weighted by Gasteiger charge is 2.32. The molecule has 0 saturated carbocycles. The fraction of sp³-hybridized carbons (Fsp3) is 0.304. The summed E-state index contributed by atoms with van der Waals surface area (Å²) in [7, 11) is 0. The number of hydrogen-bond acceptors (Lipinski definition) is 3. The van der Waals surface area contributed by atoms with Gasteiger partial charge in [-0.05, 0) is 62.1 Å². The Labute approximate surface area is 173 Å². The molecule has 5 rings (SSSR count). The van der Waals surface area contributed by atoms with Gasteiger partial charge in [-0.3, -0.25) is 4.79 Å². The average Bonchev–Trinajstić information content (AvgIpc) is 3.28. The number of thioether (sulfide) groups is 1. The van der Waals surface area contributed by atoms with Crippen LogP contribution in [0.4, 0.5) is 10.1 Å². The maximum Gasteiger partial charge on any atom is 0.279 e. The SMILES string of the molecule is CC1CCN(C(=O)c2nn(-c3ccc(F)cc3)c3c2CCC3)c2ccccc2S1. The van der Waals surface area contributed by atoms with Gasteiger partial charge < -0.3 is 4.90 Å². The molecule has 0 radical (unpaired) electrons. The van der Waals surface area contributed by atoms with Crippen LogP contribution in [0.2, 0.25) is 0 Å². The Morgan fingerprint density at radius 3 is 2.76 bits per heavy atom. The Balaban J connectivity index is 1.57. The molecule has 2 heterocycles. The summed E-state index contributed by atoms with van der Waals surface area (Å²) in [4.78, 5) is 16.7. The predicted octanol–water partition coefficient (Wildman–Crippen LogP) is 5.03. The number of para-hydroxylation sites is 1. The summed E-state index contributed by atoms with van der Waals surface area (Å²) in [6.07, 6.45) is 3.69. The number of benzene rings is 2. The summed E-state index contributed by atoms with van der Waals surface area (Å²) in [6, 6.07) is 14.4. The molecule has 0 spiro atoms. The Hall–Kier alpha value is -2.60. The maximum atomic E-state index is 13.7. The largest absolute Gasteiger partial charge is 0.306 e. The van der Waals surface area contributed by atoms with Gasteiger partial charge in [-0.15, -0.1) is 11.8 Å². The second kappa shape index (κ2) is 7.34. The predicted molar refractivity (Wildman–Crippen MR) is 114 cm³/mol. The van der Waals surface area contributed by atoms with Gasteiger partial charge in [-0.2, -0.15) is 5.10 Å². The van der Waals surface area contributed by atoms with Crippen LogP contribution in [0.5, 0.6) is 0 Å². The van der Waals surface area contributed by atoms with Gasteiger partial charge in [0.2, 0.25) is 0 Å². The van der Waals surface area contributed by atoms with Crippen molar-refractivity contribution in [3.05, 3.63) is 71.3 Å². The zero-order valence-electron chi connectivity index (χ0n) is 16.3. The third-order valence-electron chi connectivity index (χ3n) is 5.69. The summed E-state index contributed by atoms with van der Waals surface area (Å²) in [5, 5.41) is 5.18. The number of hydrogen-bond donors (Lipinski definition) is 0. The minimum atomic E-state index is -0.276. The number of amides is 1. The third kappa shape index (κ3) is 3.25. The lowest BCUT2D eigenvalue weighted by atomic mass is 10.1. The molecule has 0 fully saturated rings. The van der Waals surface area contributed by atoms with Crippen LogP contribution < -0.4 is 4.90 Å². The van der Waals surface area contributed by atoms with Crippen molar-refractivity contribution in [2.75, 3.05) is 11.4 Å². The van der Waals surface area contributed by atoms with Crippen molar-refractivity contribution in [1.29, 1.82) is 0 Å². The van der Waals surface area contributed by atoms with Crippen LogP contribution in [0, 0.1) is 5.82 Å². The standard InChI is InChI=1S/C23H22FN3OS/c1-15-13-14-26(20-6-2-3-8-21(20)29-15)23(28)22-18-5-4-7-19(18)27(25-22)17-11-9-16(24)10-12-17/h2-3,6,8-12,15H,4-5,7,13-14H2,1H3. The molecule has 29 heavy (non-hydrogen) atoms. The summed E-state index contributed by atoms with van der Waals surface area (Å²) in [5.41, 5.74) is 4.42. The number of aromatic nitrogens is 2. The van der Waals surface area contributed by atoms with E-state index in [-0.39, 0.29) is 11.7 Å². The lowest BCUT2D eigenvalue weighted by Gasteiger charge is -2.22. The van der Waals surface area contributed by atoms with E-state index in [2.05, 4.69) is 13.0 Å². The monoisotopic (exact) mass is 407 g/mol. The van der Waals surface area contributed by atoms with Crippen molar-refractivity contribution in [2.45, 2.75) is 42.8 Å². The first-order valence-corrected chi connectivity index (χ1v) is 10.9. The van der Waals surface area contributed by atoms with Crippen LogP contribution in [0.3, 0.4) is 0 Å². The van der Waals surface area contributed by atoms with Crippen LogP contribution in [0.25, 0.3) is 5.69 Å². The molecule has 6 heteroatoms. The Bertz CT molecular complexity index is 1080. The van der Waals surface area contributed by atoms with E-state index >= 15 is 0 Å². The number of carbonyl (C=O) groups excluding carboxylic acids is 1. The summed E-state index contributed by atoms with van der Waals surface area (Å²) < 4.78 is 15.2. The first-order valence-electron chi connectivity index (χ1n) is 10.1. The molecule has 1 atom stereocenters. The van der Waals surface area contributed by atoms with Crippen LogP contribution in [0.1, 0.15) is 41.5 Å². The van der Waals surface area contributed by atoms with Crippen LogP contribution in [0.15, 0.2) is 53.4 Å². The molecule has 0 N–H and O–H groups in total. The molecule has 2 aliphatic rings. The number of rotatable bonds is 2. The van der Waals surface area contributed by atoms with Gasteiger partial charge in [0, 0.05) is 27.9 Å². The summed E-state index contributed by atoms with van der Waals surface area (Å²) in [6.45, 7) is 2.89. The molecular weight excluding hydrogens is 385 g/mol. The van der Waals surface area contributed by atoms with Crippen molar-refractivity contribution < 1.29 is 9.18 Å². The molecule has 1 unspecified atom stereocenters. The average molecular weight is 408 g/mol. The number of carbonyl (C=O) groups is 1. The normalized spacial score (nSPS) is 18.3. The van der Waals surface area contributed by atoms with Gasteiger partial charge in [0.05, 0.1) is 11.4 Å². The van der Waals surface area contributed by atoms with Crippen molar-refractivity contribution in [2.24, 2.45) is 0 Å². The lowest BCUT2D eigenvalue weighted by molar-refractivity contribution is 0.0980. The highest BCUT2D eigenvalue weighted by molar-refractivity contribution is 8.00. The Morgan fingerprint density at radius 2 is 1.93 bits per heavy atom. The van der Waals surface area contributed by atoms with Gasteiger partial charge in [-0.1, -0.05) is 19.1 Å². The number of nitrogens with zero attached hydrogens (tertiary/aromatic N) is 3. The van der Waals surface area contributed by atoms with Gasteiger partial charge in [0.15, 0.2) is 5.69 Å². The lowest BCUT2D eigenvalue weighted by Crippen LogP contribution is -2.33. The first kappa shape index (κ1) is 18.4. The fourth-order valence-corrected chi connectivity index (χ4v) is 5.34.